The molecule has 14 heavy (non-hydrogen) atoms. The Bertz CT molecular complexity index is 332. The Morgan fingerprint density at radius 3 is 2.93 bits per heavy atom. The van der Waals surface area contributed by atoms with E-state index in [4.69, 9.17) is 0 Å². The van der Waals surface area contributed by atoms with E-state index in [-0.39, 0.29) is 5.25 Å². The van der Waals surface area contributed by atoms with Gasteiger partial charge >= 0.3 is 0 Å². The van der Waals surface area contributed by atoms with Gasteiger partial charge in [-0.15, -0.1) is 5.10 Å². The van der Waals surface area contributed by atoms with Crippen LogP contribution in [-0.2, 0) is 10.8 Å². The molecule has 0 aromatic carbocycles. The summed E-state index contributed by atoms with van der Waals surface area (Å²) in [5.41, 5.74) is 0.857. The first-order valence-corrected chi connectivity index (χ1v) is 5.90. The highest BCUT2D eigenvalue weighted by Gasteiger charge is 2.23. The minimum absolute atomic E-state index is 0.201. The molecular formula is C9H13N3OS. The van der Waals surface area contributed by atoms with E-state index in [2.05, 4.69) is 15.5 Å². The van der Waals surface area contributed by atoms with E-state index < -0.39 is 10.8 Å². The molecule has 2 rings (SSSR count). The van der Waals surface area contributed by atoms with Crippen LogP contribution in [0.4, 0.5) is 0 Å². The highest BCUT2D eigenvalue weighted by atomic mass is 32.2. The molecule has 1 aliphatic rings. The van der Waals surface area contributed by atoms with E-state index in [0.29, 0.717) is 5.03 Å². The Morgan fingerprint density at radius 1 is 1.50 bits per heavy atom. The van der Waals surface area contributed by atoms with E-state index in [1.807, 2.05) is 13.0 Å². The number of hydrogen-bond acceptors (Lipinski definition) is 4. The third kappa shape index (κ3) is 1.99. The summed E-state index contributed by atoms with van der Waals surface area (Å²) in [6.45, 7) is 3.65. The average molecular weight is 211 g/mol. The van der Waals surface area contributed by atoms with Crippen molar-refractivity contribution in [2.75, 3.05) is 13.1 Å². The first-order chi connectivity index (χ1) is 6.77. The lowest BCUT2D eigenvalue weighted by molar-refractivity contribution is 0.666. The number of rotatable bonds is 2. The SMILES string of the molecule is Cc1ccc(S(=O)[C@H]2CCNC2)nn1. The van der Waals surface area contributed by atoms with Crippen LogP contribution in [0.25, 0.3) is 0 Å². The maximum atomic E-state index is 11.9. The van der Waals surface area contributed by atoms with Crippen molar-refractivity contribution in [3.8, 4) is 0 Å². The van der Waals surface area contributed by atoms with Gasteiger partial charge in [0.15, 0.2) is 0 Å². The summed E-state index contributed by atoms with van der Waals surface area (Å²) in [6.07, 6.45) is 0.960. The van der Waals surface area contributed by atoms with Gasteiger partial charge in [0.25, 0.3) is 0 Å². The topological polar surface area (TPSA) is 54.9 Å². The predicted octanol–water partition coefficient (Wildman–Crippen LogP) is 0.255. The monoisotopic (exact) mass is 211 g/mol. The molecule has 0 aliphatic carbocycles. The maximum Gasteiger partial charge on any atom is 0.150 e. The molecule has 0 amide bonds. The zero-order chi connectivity index (χ0) is 9.97. The molecule has 0 radical (unpaired) electrons. The normalized spacial score (nSPS) is 23.6. The molecule has 0 spiro atoms. The second kappa shape index (κ2) is 4.14. The highest BCUT2D eigenvalue weighted by Crippen LogP contribution is 2.13. The summed E-state index contributed by atoms with van der Waals surface area (Å²) in [4.78, 5) is 0. The van der Waals surface area contributed by atoms with Gasteiger partial charge in [0, 0.05) is 6.54 Å². The lowest BCUT2D eigenvalue weighted by Crippen LogP contribution is -2.19. The van der Waals surface area contributed by atoms with Crippen LogP contribution < -0.4 is 5.32 Å². The Morgan fingerprint density at radius 2 is 2.36 bits per heavy atom. The van der Waals surface area contributed by atoms with Crippen LogP contribution in [-0.4, -0.2) is 32.7 Å². The molecule has 4 nitrogen and oxygen atoms in total. The standard InChI is InChI=1S/C9H13N3OS/c1-7-2-3-9(12-11-7)14(13)8-4-5-10-6-8/h2-3,8,10H,4-6H2,1H3/t8-,14?/m0/s1. The Hall–Kier alpha value is -0.810. The van der Waals surface area contributed by atoms with E-state index in [9.17, 15) is 4.21 Å². The summed E-state index contributed by atoms with van der Waals surface area (Å²) in [7, 11) is -1.00. The Kier molecular flexibility index (Phi) is 2.88. The molecule has 2 atom stereocenters. The summed E-state index contributed by atoms with van der Waals surface area (Å²) in [6, 6.07) is 3.65. The molecule has 1 aliphatic heterocycles. The molecule has 1 fully saturated rings. The molecule has 5 heteroatoms. The van der Waals surface area contributed by atoms with Gasteiger partial charge in [0.1, 0.15) is 5.03 Å². The third-order valence-electron chi connectivity index (χ3n) is 2.30. The number of aromatic nitrogens is 2. The lowest BCUT2D eigenvalue weighted by Gasteiger charge is -2.06. The van der Waals surface area contributed by atoms with Crippen LogP contribution in [0.3, 0.4) is 0 Å². The number of nitrogens with zero attached hydrogens (tertiary/aromatic N) is 2. The number of aryl methyl sites for hydroxylation is 1. The molecule has 1 aromatic rings. The first-order valence-electron chi connectivity index (χ1n) is 4.69. The van der Waals surface area contributed by atoms with Crippen molar-refractivity contribution < 1.29 is 4.21 Å². The lowest BCUT2D eigenvalue weighted by atomic mass is 10.4. The molecule has 1 N–H and O–H groups in total. The molecule has 1 saturated heterocycles. The Labute approximate surface area is 85.6 Å². The van der Waals surface area contributed by atoms with E-state index in [1.165, 1.54) is 0 Å². The third-order valence-corrected chi connectivity index (χ3v) is 3.94. The summed E-state index contributed by atoms with van der Waals surface area (Å²) in [5.74, 6) is 0. The Balaban J connectivity index is 2.14. The summed E-state index contributed by atoms with van der Waals surface area (Å²) in [5, 5.41) is 11.8. The van der Waals surface area contributed by atoms with Crippen LogP contribution in [0.2, 0.25) is 0 Å². The van der Waals surface area contributed by atoms with E-state index >= 15 is 0 Å². The van der Waals surface area contributed by atoms with Crippen molar-refractivity contribution in [3.63, 3.8) is 0 Å². The fourth-order valence-electron chi connectivity index (χ4n) is 1.48. The van der Waals surface area contributed by atoms with Gasteiger partial charge in [-0.1, -0.05) is 0 Å². The number of hydrogen-bond donors (Lipinski definition) is 1. The fraction of sp³-hybridized carbons (Fsp3) is 0.556. The molecule has 0 saturated carbocycles. The predicted molar refractivity (Wildman–Crippen MR) is 54.5 cm³/mol. The van der Waals surface area contributed by atoms with Crippen molar-refractivity contribution in [1.29, 1.82) is 0 Å². The quantitative estimate of drug-likeness (QED) is 0.762. The zero-order valence-corrected chi connectivity index (χ0v) is 8.88. The molecule has 2 heterocycles. The van der Waals surface area contributed by atoms with Crippen LogP contribution >= 0.6 is 0 Å². The minimum Gasteiger partial charge on any atom is -0.315 e. The second-order valence-electron chi connectivity index (χ2n) is 3.43. The van der Waals surface area contributed by atoms with Gasteiger partial charge in [-0.05, 0) is 32.0 Å². The van der Waals surface area contributed by atoms with Crippen molar-refractivity contribution in [2.24, 2.45) is 0 Å². The first kappa shape index (κ1) is 9.73. The molecule has 76 valence electrons. The van der Waals surface area contributed by atoms with Gasteiger partial charge in [0.2, 0.25) is 0 Å². The molecule has 0 bridgehead atoms. The summed E-state index contributed by atoms with van der Waals surface area (Å²) >= 11 is 0. The molecule has 1 aromatic heterocycles. The molecule has 1 unspecified atom stereocenters. The van der Waals surface area contributed by atoms with Crippen LogP contribution in [0.1, 0.15) is 12.1 Å². The average Bonchev–Trinajstić information content (AvgIpc) is 2.71. The smallest absolute Gasteiger partial charge is 0.150 e. The van der Waals surface area contributed by atoms with E-state index in [1.54, 1.807) is 6.07 Å². The molecular weight excluding hydrogens is 198 g/mol. The van der Waals surface area contributed by atoms with Crippen molar-refractivity contribution >= 4 is 10.8 Å². The fourth-order valence-corrected chi connectivity index (χ4v) is 2.74. The highest BCUT2D eigenvalue weighted by molar-refractivity contribution is 7.85. The van der Waals surface area contributed by atoms with Gasteiger partial charge < -0.3 is 5.32 Å². The van der Waals surface area contributed by atoms with Gasteiger partial charge in [-0.25, -0.2) is 0 Å². The van der Waals surface area contributed by atoms with Crippen LogP contribution in [0, 0.1) is 6.92 Å². The van der Waals surface area contributed by atoms with Crippen molar-refractivity contribution in [2.45, 2.75) is 23.6 Å². The minimum atomic E-state index is -1.00. The van der Waals surface area contributed by atoms with E-state index in [0.717, 1.165) is 25.2 Å². The van der Waals surface area contributed by atoms with Gasteiger partial charge in [-0.3, -0.25) is 4.21 Å². The van der Waals surface area contributed by atoms with Crippen LogP contribution in [0.15, 0.2) is 17.2 Å². The maximum absolute atomic E-state index is 11.9. The largest absolute Gasteiger partial charge is 0.315 e. The second-order valence-corrected chi connectivity index (χ2v) is 5.10. The van der Waals surface area contributed by atoms with Crippen LogP contribution in [0.5, 0.6) is 0 Å². The van der Waals surface area contributed by atoms with Gasteiger partial charge in [0.05, 0.1) is 21.7 Å². The summed E-state index contributed by atoms with van der Waals surface area (Å²) < 4.78 is 11.9. The zero-order valence-electron chi connectivity index (χ0n) is 8.06. The van der Waals surface area contributed by atoms with Crippen molar-refractivity contribution in [1.82, 2.24) is 15.5 Å². The number of nitrogens with one attached hydrogen (secondary N) is 1. The van der Waals surface area contributed by atoms with Crippen molar-refractivity contribution in [3.05, 3.63) is 17.8 Å². The van der Waals surface area contributed by atoms with Gasteiger partial charge in [-0.2, -0.15) is 5.10 Å².